The summed E-state index contributed by atoms with van der Waals surface area (Å²) in [5.41, 5.74) is 8.01. The van der Waals surface area contributed by atoms with Crippen LogP contribution in [0.25, 0.3) is 0 Å². The lowest BCUT2D eigenvalue weighted by molar-refractivity contribution is -0.133. The molecule has 166 valence electrons. The number of aryl methyl sites for hydroxylation is 1. The Morgan fingerprint density at radius 1 is 0.935 bits per heavy atom. The molecular formula is C24H32N4O3. The molecule has 3 amide bonds. The molecule has 2 aromatic carbocycles. The molecule has 7 heteroatoms. The largest absolute Gasteiger partial charge is 0.370 e. The number of nitrogens with zero attached hydrogens (tertiary/aromatic N) is 2. The van der Waals surface area contributed by atoms with Crippen LogP contribution in [-0.4, -0.2) is 53.7 Å². The van der Waals surface area contributed by atoms with Gasteiger partial charge in [0, 0.05) is 25.2 Å². The maximum atomic E-state index is 13.0. The van der Waals surface area contributed by atoms with Crippen LogP contribution in [0.15, 0.2) is 54.6 Å². The first kappa shape index (κ1) is 24.1. The molecule has 0 aliphatic heterocycles. The Bertz CT molecular complexity index is 870. The average molecular weight is 425 g/mol. The van der Waals surface area contributed by atoms with E-state index >= 15 is 0 Å². The van der Waals surface area contributed by atoms with Gasteiger partial charge in [-0.3, -0.25) is 19.3 Å². The molecule has 0 saturated carbocycles. The molecule has 31 heavy (non-hydrogen) atoms. The Hall–Kier alpha value is -3.19. The monoisotopic (exact) mass is 424 g/mol. The average Bonchev–Trinajstić information content (AvgIpc) is 2.73. The number of hydrogen-bond acceptors (Lipinski definition) is 4. The normalized spacial score (nSPS) is 10.7. The van der Waals surface area contributed by atoms with Crippen molar-refractivity contribution in [2.24, 2.45) is 5.73 Å². The van der Waals surface area contributed by atoms with Crippen LogP contribution in [0.3, 0.4) is 0 Å². The van der Waals surface area contributed by atoms with Gasteiger partial charge in [0.15, 0.2) is 0 Å². The van der Waals surface area contributed by atoms with Crippen LogP contribution in [0.2, 0.25) is 0 Å². The van der Waals surface area contributed by atoms with Gasteiger partial charge in [0.1, 0.15) is 0 Å². The van der Waals surface area contributed by atoms with Crippen molar-refractivity contribution in [2.45, 2.75) is 33.2 Å². The highest BCUT2D eigenvalue weighted by Gasteiger charge is 2.20. The maximum Gasteiger partial charge on any atom is 0.238 e. The van der Waals surface area contributed by atoms with Crippen molar-refractivity contribution in [2.75, 3.05) is 31.5 Å². The van der Waals surface area contributed by atoms with Crippen LogP contribution >= 0.6 is 0 Å². The number of benzene rings is 2. The minimum atomic E-state index is -0.450. The number of nitrogens with one attached hydrogen (secondary N) is 1. The molecule has 0 atom stereocenters. The lowest BCUT2D eigenvalue weighted by atomic mass is 10.2. The third-order valence-corrected chi connectivity index (χ3v) is 4.88. The van der Waals surface area contributed by atoms with E-state index in [9.17, 15) is 14.4 Å². The first-order valence-electron chi connectivity index (χ1n) is 10.6. The lowest BCUT2D eigenvalue weighted by Gasteiger charge is -2.27. The molecule has 0 aliphatic rings. The number of carbonyl (C=O) groups is 3. The molecule has 0 fully saturated rings. The van der Waals surface area contributed by atoms with Crippen LogP contribution in [0, 0.1) is 6.92 Å². The third kappa shape index (κ3) is 8.60. The van der Waals surface area contributed by atoms with Gasteiger partial charge in [0.25, 0.3) is 0 Å². The molecule has 0 aliphatic carbocycles. The van der Waals surface area contributed by atoms with E-state index in [1.165, 1.54) is 0 Å². The molecule has 0 radical (unpaired) electrons. The molecule has 0 aromatic heterocycles. The van der Waals surface area contributed by atoms with E-state index in [1.54, 1.807) is 4.90 Å². The minimum absolute atomic E-state index is 0.0973. The van der Waals surface area contributed by atoms with Crippen molar-refractivity contribution in [3.05, 3.63) is 65.7 Å². The predicted molar refractivity (Wildman–Crippen MR) is 122 cm³/mol. The van der Waals surface area contributed by atoms with E-state index in [2.05, 4.69) is 5.32 Å². The first-order chi connectivity index (χ1) is 14.9. The SMILES string of the molecule is CCCN(CC(=O)Nc1ccccc1C)CC(=O)N(CCC(N)=O)Cc1ccccc1. The molecule has 0 heterocycles. The van der Waals surface area contributed by atoms with Crippen molar-refractivity contribution >= 4 is 23.4 Å². The van der Waals surface area contributed by atoms with E-state index in [0.717, 1.165) is 23.2 Å². The fraction of sp³-hybridized carbons (Fsp3) is 0.375. The van der Waals surface area contributed by atoms with Crippen molar-refractivity contribution in [3.8, 4) is 0 Å². The fourth-order valence-electron chi connectivity index (χ4n) is 3.27. The van der Waals surface area contributed by atoms with Gasteiger partial charge in [-0.05, 0) is 37.1 Å². The van der Waals surface area contributed by atoms with Gasteiger partial charge in [-0.2, -0.15) is 0 Å². The molecule has 0 saturated heterocycles. The quantitative estimate of drug-likeness (QED) is 0.547. The smallest absolute Gasteiger partial charge is 0.238 e. The molecule has 0 unspecified atom stereocenters. The molecule has 0 bridgehead atoms. The zero-order valence-electron chi connectivity index (χ0n) is 18.3. The molecule has 3 N–H and O–H groups in total. The Morgan fingerprint density at radius 2 is 1.61 bits per heavy atom. The first-order valence-corrected chi connectivity index (χ1v) is 10.6. The second kappa shape index (κ2) is 12.5. The lowest BCUT2D eigenvalue weighted by Crippen LogP contribution is -2.44. The summed E-state index contributed by atoms with van der Waals surface area (Å²) in [5.74, 6) is -0.751. The van der Waals surface area contributed by atoms with Crippen molar-refractivity contribution in [1.82, 2.24) is 9.80 Å². The van der Waals surface area contributed by atoms with Gasteiger partial charge in [0.05, 0.1) is 13.1 Å². The molecule has 0 spiro atoms. The van der Waals surface area contributed by atoms with Crippen LogP contribution in [-0.2, 0) is 20.9 Å². The summed E-state index contributed by atoms with van der Waals surface area (Å²) in [6, 6.07) is 17.2. The zero-order chi connectivity index (χ0) is 22.6. The van der Waals surface area contributed by atoms with Gasteiger partial charge in [-0.15, -0.1) is 0 Å². The summed E-state index contributed by atoms with van der Waals surface area (Å²) in [7, 11) is 0. The summed E-state index contributed by atoms with van der Waals surface area (Å²) in [5, 5.41) is 2.91. The van der Waals surface area contributed by atoms with E-state index in [4.69, 9.17) is 5.73 Å². The summed E-state index contributed by atoms with van der Waals surface area (Å²) >= 11 is 0. The number of hydrogen-bond donors (Lipinski definition) is 2. The van der Waals surface area contributed by atoms with Gasteiger partial charge < -0.3 is 16.0 Å². The van der Waals surface area contributed by atoms with Gasteiger partial charge in [0.2, 0.25) is 17.7 Å². The van der Waals surface area contributed by atoms with Crippen molar-refractivity contribution in [1.29, 1.82) is 0 Å². The Kier molecular flexibility index (Phi) is 9.71. The highest BCUT2D eigenvalue weighted by Crippen LogP contribution is 2.13. The number of amides is 3. The number of anilines is 1. The predicted octanol–water partition coefficient (Wildman–Crippen LogP) is 2.55. The highest BCUT2D eigenvalue weighted by molar-refractivity contribution is 5.93. The van der Waals surface area contributed by atoms with Crippen molar-refractivity contribution in [3.63, 3.8) is 0 Å². The van der Waals surface area contributed by atoms with Crippen LogP contribution in [0.5, 0.6) is 0 Å². The van der Waals surface area contributed by atoms with Gasteiger partial charge in [-0.1, -0.05) is 55.5 Å². The summed E-state index contributed by atoms with van der Waals surface area (Å²) in [6.45, 7) is 5.40. The topological polar surface area (TPSA) is 95.7 Å². The minimum Gasteiger partial charge on any atom is -0.370 e. The molecule has 2 rings (SSSR count). The summed E-state index contributed by atoms with van der Waals surface area (Å²) < 4.78 is 0. The van der Waals surface area contributed by atoms with Gasteiger partial charge in [-0.25, -0.2) is 0 Å². The Labute approximate surface area is 184 Å². The number of rotatable bonds is 12. The van der Waals surface area contributed by atoms with Gasteiger partial charge >= 0.3 is 0 Å². The number of primary amides is 1. The summed E-state index contributed by atoms with van der Waals surface area (Å²) in [6.07, 6.45) is 0.908. The van der Waals surface area contributed by atoms with Crippen LogP contribution < -0.4 is 11.1 Å². The number of carbonyl (C=O) groups excluding carboxylic acids is 3. The zero-order valence-corrected chi connectivity index (χ0v) is 18.3. The number of nitrogens with two attached hydrogens (primary N) is 1. The Balaban J connectivity index is 2.03. The second-order valence-corrected chi connectivity index (χ2v) is 7.59. The van der Waals surface area contributed by atoms with E-state index in [0.29, 0.717) is 13.1 Å². The van der Waals surface area contributed by atoms with E-state index < -0.39 is 5.91 Å². The Morgan fingerprint density at radius 3 is 2.26 bits per heavy atom. The van der Waals surface area contributed by atoms with E-state index in [-0.39, 0.29) is 37.9 Å². The third-order valence-electron chi connectivity index (χ3n) is 4.88. The molecule has 2 aromatic rings. The fourth-order valence-corrected chi connectivity index (χ4v) is 3.27. The summed E-state index contributed by atoms with van der Waals surface area (Å²) in [4.78, 5) is 40.3. The molecule has 7 nitrogen and oxygen atoms in total. The van der Waals surface area contributed by atoms with Crippen LogP contribution in [0.1, 0.15) is 30.9 Å². The standard InChI is InChI=1S/C24H32N4O3/c1-3-14-27(17-23(30)26-21-12-8-7-9-19(21)2)18-24(31)28(15-13-22(25)29)16-20-10-5-4-6-11-20/h4-12H,3,13-18H2,1-2H3,(H2,25,29)(H,26,30). The molecular weight excluding hydrogens is 392 g/mol. The van der Waals surface area contributed by atoms with Crippen LogP contribution in [0.4, 0.5) is 5.69 Å². The van der Waals surface area contributed by atoms with Crippen molar-refractivity contribution < 1.29 is 14.4 Å². The highest BCUT2D eigenvalue weighted by atomic mass is 16.2. The number of para-hydroxylation sites is 1. The maximum absolute atomic E-state index is 13.0. The van der Waals surface area contributed by atoms with E-state index in [1.807, 2.05) is 73.3 Å². The second-order valence-electron chi connectivity index (χ2n) is 7.59.